The smallest absolute Gasteiger partial charge is 0.419 e. The van der Waals surface area contributed by atoms with Crippen molar-refractivity contribution in [2.75, 3.05) is 0 Å². The van der Waals surface area contributed by atoms with Gasteiger partial charge >= 0.3 is 6.18 Å². The molecule has 0 N–H and O–H groups in total. The minimum Gasteiger partial charge on any atom is -0.490 e. The van der Waals surface area contributed by atoms with Gasteiger partial charge in [-0.05, 0) is 48.8 Å². The van der Waals surface area contributed by atoms with E-state index in [9.17, 15) is 13.2 Å². The second-order valence-corrected chi connectivity index (χ2v) is 6.68. The summed E-state index contributed by atoms with van der Waals surface area (Å²) in [4.78, 5) is 0. The third-order valence-electron chi connectivity index (χ3n) is 3.93. The third kappa shape index (κ3) is 4.38. The van der Waals surface area contributed by atoms with E-state index in [2.05, 4.69) is 29.8 Å². The minimum atomic E-state index is -4.39. The predicted octanol–water partition coefficient (Wildman–Crippen LogP) is 5.80. The second kappa shape index (κ2) is 6.59. The van der Waals surface area contributed by atoms with Crippen LogP contribution in [0.1, 0.15) is 44.2 Å². The van der Waals surface area contributed by atoms with Gasteiger partial charge in [-0.2, -0.15) is 13.2 Å². The molecule has 0 bridgehead atoms. The van der Waals surface area contributed by atoms with Crippen molar-refractivity contribution in [1.82, 2.24) is 0 Å². The number of benzene rings is 1. The summed E-state index contributed by atoms with van der Waals surface area (Å²) < 4.78 is 45.2. The molecule has 1 nitrogen and oxygen atoms in total. The zero-order valence-corrected chi connectivity index (χ0v) is 13.8. The van der Waals surface area contributed by atoms with Gasteiger partial charge in [0.25, 0.3) is 0 Å². The molecule has 0 aliphatic heterocycles. The van der Waals surface area contributed by atoms with E-state index in [1.54, 1.807) is 6.07 Å². The summed E-state index contributed by atoms with van der Waals surface area (Å²) in [6.45, 7) is 4.26. The number of ether oxygens (including phenoxy) is 1. The first-order chi connectivity index (χ1) is 9.79. The van der Waals surface area contributed by atoms with E-state index in [-0.39, 0.29) is 11.9 Å². The van der Waals surface area contributed by atoms with Crippen molar-refractivity contribution < 1.29 is 17.9 Å². The highest BCUT2D eigenvalue weighted by Crippen LogP contribution is 2.39. The molecule has 0 amide bonds. The first kappa shape index (κ1) is 16.7. The Morgan fingerprint density at radius 1 is 1.14 bits per heavy atom. The lowest BCUT2D eigenvalue weighted by molar-refractivity contribution is -0.139. The molecule has 1 saturated carbocycles. The van der Waals surface area contributed by atoms with E-state index in [0.717, 1.165) is 19.3 Å². The maximum atomic E-state index is 13.2. The lowest BCUT2D eigenvalue weighted by Gasteiger charge is -2.32. The van der Waals surface area contributed by atoms with Gasteiger partial charge in [0.1, 0.15) is 5.75 Å². The molecule has 1 aromatic rings. The van der Waals surface area contributed by atoms with Gasteiger partial charge in [-0.25, -0.2) is 0 Å². The Bertz CT molecular complexity index is 477. The maximum Gasteiger partial charge on any atom is 0.419 e. The summed E-state index contributed by atoms with van der Waals surface area (Å²) in [5, 5.41) is 0.397. The summed E-state index contributed by atoms with van der Waals surface area (Å²) in [6.07, 6.45) is -1.75. The second-order valence-electron chi connectivity index (χ2n) is 6.12. The largest absolute Gasteiger partial charge is 0.490 e. The van der Waals surface area contributed by atoms with E-state index in [4.69, 9.17) is 4.74 Å². The molecule has 0 saturated heterocycles. The molecule has 5 heteroatoms. The summed E-state index contributed by atoms with van der Waals surface area (Å²) in [5.74, 6) is 0.948. The van der Waals surface area contributed by atoms with Crippen LogP contribution in [0.25, 0.3) is 0 Å². The molecular formula is C16H20BrF3O. The van der Waals surface area contributed by atoms with Crippen LogP contribution in [0, 0.1) is 11.8 Å². The Labute approximate surface area is 132 Å². The fourth-order valence-electron chi connectivity index (χ4n) is 3.13. The molecule has 1 aliphatic rings. The van der Waals surface area contributed by atoms with Crippen LogP contribution in [0.3, 0.4) is 0 Å². The molecule has 1 fully saturated rings. The van der Waals surface area contributed by atoms with Crippen LogP contribution in [0.5, 0.6) is 5.75 Å². The fraction of sp³-hybridized carbons (Fsp3) is 0.625. The van der Waals surface area contributed by atoms with Crippen LogP contribution in [0.15, 0.2) is 18.2 Å². The van der Waals surface area contributed by atoms with E-state index in [1.165, 1.54) is 12.1 Å². The molecule has 0 heterocycles. The van der Waals surface area contributed by atoms with Gasteiger partial charge in [-0.3, -0.25) is 0 Å². The van der Waals surface area contributed by atoms with E-state index >= 15 is 0 Å². The van der Waals surface area contributed by atoms with Crippen molar-refractivity contribution in [2.24, 2.45) is 11.8 Å². The van der Waals surface area contributed by atoms with E-state index in [1.807, 2.05) is 0 Å². The Morgan fingerprint density at radius 2 is 1.76 bits per heavy atom. The standard InChI is InChI=1S/C16H20BrF3O/c1-10-5-11(2)7-13(6-10)21-15-4-3-12(9-17)8-14(15)16(18,19)20/h3-4,8,10-11,13H,5-7,9H2,1-2H3. The van der Waals surface area contributed by atoms with Gasteiger partial charge in [0.2, 0.25) is 0 Å². The zero-order chi connectivity index (χ0) is 15.6. The van der Waals surface area contributed by atoms with Crippen LogP contribution >= 0.6 is 15.9 Å². The third-order valence-corrected chi connectivity index (χ3v) is 4.58. The number of hydrogen-bond donors (Lipinski definition) is 0. The molecule has 0 aromatic heterocycles. The normalized spacial score (nSPS) is 26.7. The molecule has 1 aromatic carbocycles. The molecule has 2 atom stereocenters. The fourth-order valence-corrected chi connectivity index (χ4v) is 3.48. The van der Waals surface area contributed by atoms with Gasteiger partial charge in [0.05, 0.1) is 11.7 Å². The van der Waals surface area contributed by atoms with Crippen molar-refractivity contribution in [3.8, 4) is 5.75 Å². The van der Waals surface area contributed by atoms with E-state index in [0.29, 0.717) is 22.7 Å². The Kier molecular flexibility index (Phi) is 5.23. The lowest BCUT2D eigenvalue weighted by atomic mass is 9.82. The lowest BCUT2D eigenvalue weighted by Crippen LogP contribution is -2.29. The number of alkyl halides is 4. The van der Waals surface area contributed by atoms with Crippen molar-refractivity contribution in [3.63, 3.8) is 0 Å². The van der Waals surface area contributed by atoms with Crippen molar-refractivity contribution in [1.29, 1.82) is 0 Å². The minimum absolute atomic E-state index is 0.0431. The molecule has 0 radical (unpaired) electrons. The Balaban J connectivity index is 2.23. The topological polar surface area (TPSA) is 9.23 Å². The monoisotopic (exact) mass is 364 g/mol. The molecule has 21 heavy (non-hydrogen) atoms. The van der Waals surface area contributed by atoms with Gasteiger partial charge in [-0.1, -0.05) is 35.8 Å². The molecule has 2 unspecified atom stereocenters. The predicted molar refractivity (Wildman–Crippen MR) is 80.7 cm³/mol. The van der Waals surface area contributed by atoms with Crippen LogP contribution < -0.4 is 4.74 Å². The van der Waals surface area contributed by atoms with Crippen LogP contribution in [-0.4, -0.2) is 6.10 Å². The van der Waals surface area contributed by atoms with Crippen molar-refractivity contribution >= 4 is 15.9 Å². The molecule has 1 aliphatic carbocycles. The van der Waals surface area contributed by atoms with Gasteiger partial charge in [0.15, 0.2) is 0 Å². The average molecular weight is 365 g/mol. The zero-order valence-electron chi connectivity index (χ0n) is 12.2. The average Bonchev–Trinajstić information content (AvgIpc) is 2.36. The van der Waals surface area contributed by atoms with Crippen molar-refractivity contribution in [3.05, 3.63) is 29.3 Å². The molecule has 118 valence electrons. The Hall–Kier alpha value is -0.710. The summed E-state index contributed by atoms with van der Waals surface area (Å²) in [5.41, 5.74) is -0.0783. The SMILES string of the molecule is CC1CC(C)CC(Oc2ccc(CBr)cc2C(F)(F)F)C1. The first-order valence-electron chi connectivity index (χ1n) is 7.22. The summed E-state index contributed by atoms with van der Waals surface area (Å²) in [7, 11) is 0. The first-order valence-corrected chi connectivity index (χ1v) is 8.34. The summed E-state index contributed by atoms with van der Waals surface area (Å²) >= 11 is 3.19. The van der Waals surface area contributed by atoms with Crippen LogP contribution in [-0.2, 0) is 11.5 Å². The van der Waals surface area contributed by atoms with Crippen molar-refractivity contribution in [2.45, 2.75) is 50.7 Å². The van der Waals surface area contributed by atoms with Gasteiger partial charge < -0.3 is 4.74 Å². The highest BCUT2D eigenvalue weighted by molar-refractivity contribution is 9.08. The van der Waals surface area contributed by atoms with Gasteiger partial charge in [0, 0.05) is 5.33 Å². The van der Waals surface area contributed by atoms with E-state index < -0.39 is 11.7 Å². The highest BCUT2D eigenvalue weighted by atomic mass is 79.9. The molecule has 0 spiro atoms. The molecular weight excluding hydrogens is 345 g/mol. The number of rotatable bonds is 3. The molecule has 2 rings (SSSR count). The Morgan fingerprint density at radius 3 is 2.29 bits per heavy atom. The highest BCUT2D eigenvalue weighted by Gasteiger charge is 2.36. The number of hydrogen-bond acceptors (Lipinski definition) is 1. The van der Waals surface area contributed by atoms with Gasteiger partial charge in [-0.15, -0.1) is 0 Å². The van der Waals surface area contributed by atoms with Crippen LogP contribution in [0.2, 0.25) is 0 Å². The van der Waals surface area contributed by atoms with Crippen LogP contribution in [0.4, 0.5) is 13.2 Å². The summed E-state index contributed by atoms with van der Waals surface area (Å²) in [6, 6.07) is 4.29. The number of halogens is 4. The quantitative estimate of drug-likeness (QED) is 0.615. The maximum absolute atomic E-state index is 13.2.